The molecule has 0 unspecified atom stereocenters. The maximum atomic E-state index is 13.4. The van der Waals surface area contributed by atoms with Gasteiger partial charge in [-0.25, -0.2) is 13.8 Å². The third-order valence-corrected chi connectivity index (χ3v) is 3.25. The molecule has 1 heterocycles. The summed E-state index contributed by atoms with van der Waals surface area (Å²) >= 11 is 5.76. The van der Waals surface area contributed by atoms with Crippen molar-refractivity contribution in [2.45, 2.75) is 26.7 Å². The topological polar surface area (TPSA) is 16.1 Å². The van der Waals surface area contributed by atoms with Crippen molar-refractivity contribution in [1.82, 2.24) is 4.98 Å². The van der Waals surface area contributed by atoms with Crippen LogP contribution in [0.2, 0.25) is 5.02 Å². The van der Waals surface area contributed by atoms with Crippen molar-refractivity contribution < 1.29 is 8.78 Å². The second-order valence-electron chi connectivity index (χ2n) is 4.39. The number of hydrogen-bond acceptors (Lipinski definition) is 2. The van der Waals surface area contributed by atoms with Crippen LogP contribution in [0, 0.1) is 0 Å². The first-order chi connectivity index (χ1) is 8.68. The van der Waals surface area contributed by atoms with E-state index in [0.29, 0.717) is 11.5 Å². The molecule has 0 fully saturated rings. The summed E-state index contributed by atoms with van der Waals surface area (Å²) in [6.45, 7) is 8.50. The van der Waals surface area contributed by atoms with Gasteiger partial charge in [0.2, 0.25) is 0 Å². The van der Waals surface area contributed by atoms with Crippen molar-refractivity contribution in [3.05, 3.63) is 46.8 Å². The molecule has 0 radical (unpaired) electrons. The molecule has 19 heavy (non-hydrogen) atoms. The smallest absolute Gasteiger partial charge is 0.272 e. The van der Waals surface area contributed by atoms with E-state index in [4.69, 9.17) is 11.6 Å². The number of alkyl halides is 2. The Bertz CT molecular complexity index is 519. The molecule has 0 bridgehead atoms. The van der Waals surface area contributed by atoms with Crippen molar-refractivity contribution in [2.75, 3.05) is 11.9 Å². The Hall–Kier alpha value is -1.42. The number of pyridine rings is 1. The van der Waals surface area contributed by atoms with E-state index < -0.39 is 5.92 Å². The van der Waals surface area contributed by atoms with Gasteiger partial charge in [-0.15, -0.1) is 0 Å². The van der Waals surface area contributed by atoms with Crippen LogP contribution in [0.5, 0.6) is 0 Å². The predicted molar refractivity (Wildman–Crippen MR) is 75.8 cm³/mol. The fourth-order valence-corrected chi connectivity index (χ4v) is 1.79. The predicted octanol–water partition coefficient (Wildman–Crippen LogP) is 4.76. The van der Waals surface area contributed by atoms with Gasteiger partial charge in [-0.3, -0.25) is 0 Å². The molecule has 0 aromatic carbocycles. The first-order valence-electron chi connectivity index (χ1n) is 5.78. The van der Waals surface area contributed by atoms with Crippen LogP contribution in [0.4, 0.5) is 14.6 Å². The van der Waals surface area contributed by atoms with E-state index in [9.17, 15) is 8.78 Å². The average Bonchev–Trinajstić information content (AvgIpc) is 2.35. The number of rotatable bonds is 4. The molecule has 0 aliphatic heterocycles. The van der Waals surface area contributed by atoms with Crippen LogP contribution in [-0.2, 0) is 5.92 Å². The van der Waals surface area contributed by atoms with Crippen LogP contribution < -0.4 is 4.90 Å². The lowest BCUT2D eigenvalue weighted by Crippen LogP contribution is -2.19. The number of hydrogen-bond donors (Lipinski definition) is 0. The number of aromatic nitrogens is 1. The summed E-state index contributed by atoms with van der Waals surface area (Å²) in [4.78, 5) is 5.72. The van der Waals surface area contributed by atoms with E-state index in [1.54, 1.807) is 11.9 Å². The van der Waals surface area contributed by atoms with Gasteiger partial charge in [0.15, 0.2) is 0 Å². The number of halogens is 3. The number of nitrogens with zero attached hydrogens (tertiary/aromatic N) is 2. The Balaban J connectivity index is 3.20. The molecule has 0 aliphatic carbocycles. The highest BCUT2D eigenvalue weighted by molar-refractivity contribution is 6.31. The van der Waals surface area contributed by atoms with Gasteiger partial charge in [0, 0.05) is 31.4 Å². The molecule has 0 saturated heterocycles. The summed E-state index contributed by atoms with van der Waals surface area (Å²) in [5.41, 5.74) is 1.41. The lowest BCUT2D eigenvalue weighted by molar-refractivity contribution is 0.0175. The van der Waals surface area contributed by atoms with E-state index in [2.05, 4.69) is 11.6 Å². The number of anilines is 1. The average molecular weight is 287 g/mol. The second kappa shape index (κ2) is 5.70. The highest BCUT2D eigenvalue weighted by Crippen LogP contribution is 2.34. The summed E-state index contributed by atoms with van der Waals surface area (Å²) in [5.74, 6) is -2.63. The fourth-order valence-electron chi connectivity index (χ4n) is 1.52. The Morgan fingerprint density at radius 2 is 2.11 bits per heavy atom. The van der Waals surface area contributed by atoms with Gasteiger partial charge in [0.1, 0.15) is 5.82 Å². The summed E-state index contributed by atoms with van der Waals surface area (Å²) in [6.07, 6.45) is 3.13. The first kappa shape index (κ1) is 15.6. The summed E-state index contributed by atoms with van der Waals surface area (Å²) < 4.78 is 26.8. The molecular formula is C14H17ClF2N2. The van der Waals surface area contributed by atoms with Crippen LogP contribution in [0.3, 0.4) is 0 Å². The van der Waals surface area contributed by atoms with Gasteiger partial charge in [0.05, 0.1) is 5.02 Å². The molecule has 0 aliphatic rings. The van der Waals surface area contributed by atoms with Gasteiger partial charge in [-0.2, -0.15) is 0 Å². The third kappa shape index (κ3) is 3.53. The molecule has 1 aromatic rings. The molecule has 104 valence electrons. The lowest BCUT2D eigenvalue weighted by Gasteiger charge is -2.23. The molecule has 0 atom stereocenters. The van der Waals surface area contributed by atoms with Crippen molar-refractivity contribution in [3.63, 3.8) is 0 Å². The minimum Gasteiger partial charge on any atom is -0.330 e. The van der Waals surface area contributed by atoms with Gasteiger partial charge in [-0.05, 0) is 25.5 Å². The Morgan fingerprint density at radius 3 is 2.58 bits per heavy atom. The molecule has 0 N–H and O–H groups in total. The normalized spacial score (nSPS) is 12.5. The number of allylic oxidation sites excluding steroid dienone is 2. The molecule has 2 nitrogen and oxygen atoms in total. The third-order valence-electron chi connectivity index (χ3n) is 2.95. The maximum absolute atomic E-state index is 13.4. The summed E-state index contributed by atoms with van der Waals surface area (Å²) in [5, 5.41) is -0.0435. The molecule has 0 saturated carbocycles. The molecule has 0 amide bonds. The van der Waals surface area contributed by atoms with E-state index in [1.807, 2.05) is 19.9 Å². The van der Waals surface area contributed by atoms with Gasteiger partial charge >= 0.3 is 0 Å². The molecule has 5 heteroatoms. The van der Waals surface area contributed by atoms with E-state index in [-0.39, 0.29) is 10.6 Å². The summed E-state index contributed by atoms with van der Waals surface area (Å²) in [6, 6.07) is 1.29. The molecular weight excluding hydrogens is 270 g/mol. The van der Waals surface area contributed by atoms with Crippen LogP contribution in [0.1, 0.15) is 26.3 Å². The Labute approximate surface area is 117 Å². The van der Waals surface area contributed by atoms with E-state index in [0.717, 1.165) is 12.5 Å². The zero-order valence-electron chi connectivity index (χ0n) is 11.5. The Morgan fingerprint density at radius 1 is 1.53 bits per heavy atom. The van der Waals surface area contributed by atoms with E-state index >= 15 is 0 Å². The van der Waals surface area contributed by atoms with Crippen molar-refractivity contribution in [3.8, 4) is 0 Å². The van der Waals surface area contributed by atoms with Gasteiger partial charge < -0.3 is 4.90 Å². The van der Waals surface area contributed by atoms with Gasteiger partial charge in [0.25, 0.3) is 5.92 Å². The quantitative estimate of drug-likeness (QED) is 0.742. The Kier molecular flexibility index (Phi) is 4.69. The van der Waals surface area contributed by atoms with Crippen molar-refractivity contribution in [1.29, 1.82) is 0 Å². The number of likely N-dealkylation sites (N-methyl/N-ethyl adjacent to an activating group) is 1. The zero-order chi connectivity index (χ0) is 14.8. The van der Waals surface area contributed by atoms with E-state index in [1.165, 1.54) is 12.3 Å². The lowest BCUT2D eigenvalue weighted by atomic mass is 10.1. The second-order valence-corrected chi connectivity index (χ2v) is 4.80. The maximum Gasteiger partial charge on any atom is 0.272 e. The SMILES string of the molecule is C=C(/C(C)=C/C)N(C)c1cc(C(C)(F)F)c(Cl)cn1. The molecule has 1 rings (SSSR count). The minimum absolute atomic E-state index is 0.0435. The standard InChI is InChI=1S/C14H17ClF2N2/c1-6-9(2)10(3)19(5)13-7-11(14(4,16)17)12(15)8-18-13/h6-8H,3H2,1-2,4-5H3/b9-6+. The zero-order valence-corrected chi connectivity index (χ0v) is 12.2. The van der Waals surface area contributed by atoms with Crippen LogP contribution in [-0.4, -0.2) is 12.0 Å². The monoisotopic (exact) mass is 286 g/mol. The van der Waals surface area contributed by atoms with Gasteiger partial charge in [-0.1, -0.05) is 24.3 Å². The molecule has 0 spiro atoms. The van der Waals surface area contributed by atoms with Crippen LogP contribution in [0.25, 0.3) is 0 Å². The minimum atomic E-state index is -3.01. The molecule has 1 aromatic heterocycles. The summed E-state index contributed by atoms with van der Waals surface area (Å²) in [7, 11) is 1.73. The highest BCUT2D eigenvalue weighted by Gasteiger charge is 2.28. The van der Waals surface area contributed by atoms with Crippen LogP contribution >= 0.6 is 11.6 Å². The van der Waals surface area contributed by atoms with Crippen LogP contribution in [0.15, 0.2) is 36.2 Å². The van der Waals surface area contributed by atoms with Crippen molar-refractivity contribution >= 4 is 17.4 Å². The van der Waals surface area contributed by atoms with Crippen molar-refractivity contribution in [2.24, 2.45) is 0 Å². The fraction of sp³-hybridized carbons (Fsp3) is 0.357. The largest absolute Gasteiger partial charge is 0.330 e. The highest BCUT2D eigenvalue weighted by atomic mass is 35.5. The first-order valence-corrected chi connectivity index (χ1v) is 6.16.